The molecule has 27 heavy (non-hydrogen) atoms. The molecule has 0 spiro atoms. The average Bonchev–Trinajstić information content (AvgIpc) is 2.74. The second-order valence-corrected chi connectivity index (χ2v) is 5.97. The Hall–Kier alpha value is -3.78. The minimum Gasteiger partial charge on any atom is -0.457 e. The van der Waals surface area contributed by atoms with Gasteiger partial charge in [0.25, 0.3) is 0 Å². The molecular weight excluding hydrogens is 338 g/mol. The number of urea groups is 1. The molecular formula is C22H19N3O2. The van der Waals surface area contributed by atoms with Gasteiger partial charge in [0.15, 0.2) is 0 Å². The summed E-state index contributed by atoms with van der Waals surface area (Å²) in [4.78, 5) is 15.9. The van der Waals surface area contributed by atoms with Crippen molar-refractivity contribution in [3.63, 3.8) is 0 Å². The molecule has 0 saturated heterocycles. The molecule has 0 heterocycles. The lowest BCUT2D eigenvalue weighted by molar-refractivity contribution is 0.253. The van der Waals surface area contributed by atoms with E-state index in [-0.39, 0.29) is 6.03 Å². The maximum Gasteiger partial charge on any atom is 0.328 e. The second-order valence-electron chi connectivity index (χ2n) is 5.97. The van der Waals surface area contributed by atoms with Crippen LogP contribution in [0.3, 0.4) is 0 Å². The van der Waals surface area contributed by atoms with Crippen LogP contribution in [0.1, 0.15) is 5.56 Å². The summed E-state index contributed by atoms with van der Waals surface area (Å²) in [7, 11) is 3.48. The zero-order chi connectivity index (χ0) is 19.2. The summed E-state index contributed by atoms with van der Waals surface area (Å²) in [5.41, 5.74) is 2.17. The highest BCUT2D eigenvalue weighted by Gasteiger charge is 2.17. The predicted octanol–water partition coefficient (Wildman–Crippen LogP) is 5.04. The highest BCUT2D eigenvalue weighted by Crippen LogP contribution is 2.25. The lowest BCUT2D eigenvalue weighted by atomic mass is 10.2. The number of rotatable bonds is 4. The molecule has 0 aliphatic carbocycles. The zero-order valence-electron chi connectivity index (χ0n) is 15.2. The molecule has 3 aromatic carbocycles. The van der Waals surface area contributed by atoms with Gasteiger partial charge in [-0.2, -0.15) is 5.26 Å². The Morgan fingerprint density at radius 3 is 1.78 bits per heavy atom. The quantitative estimate of drug-likeness (QED) is 0.657. The molecule has 2 amide bonds. The van der Waals surface area contributed by atoms with E-state index in [0.29, 0.717) is 17.1 Å². The van der Waals surface area contributed by atoms with Gasteiger partial charge in [0.2, 0.25) is 0 Å². The third kappa shape index (κ3) is 4.25. The Morgan fingerprint density at radius 1 is 0.778 bits per heavy atom. The zero-order valence-corrected chi connectivity index (χ0v) is 15.2. The number of hydrogen-bond donors (Lipinski definition) is 0. The summed E-state index contributed by atoms with van der Waals surface area (Å²) in [6.45, 7) is 0. The van der Waals surface area contributed by atoms with Gasteiger partial charge in [-0.25, -0.2) is 4.79 Å². The van der Waals surface area contributed by atoms with Gasteiger partial charge in [-0.1, -0.05) is 18.2 Å². The number of anilines is 2. The van der Waals surface area contributed by atoms with Crippen LogP contribution in [0.2, 0.25) is 0 Å². The molecule has 0 bridgehead atoms. The molecule has 0 aromatic heterocycles. The topological polar surface area (TPSA) is 56.6 Å². The fourth-order valence-electron chi connectivity index (χ4n) is 2.57. The summed E-state index contributed by atoms with van der Waals surface area (Å²) in [6, 6.07) is 25.6. The molecule has 0 aliphatic rings. The van der Waals surface area contributed by atoms with Crippen LogP contribution in [0.25, 0.3) is 0 Å². The van der Waals surface area contributed by atoms with Crippen LogP contribution in [-0.4, -0.2) is 20.1 Å². The molecule has 3 rings (SSSR count). The van der Waals surface area contributed by atoms with E-state index in [1.54, 1.807) is 60.3 Å². The Bertz CT molecular complexity index is 946. The summed E-state index contributed by atoms with van der Waals surface area (Å²) in [6.07, 6.45) is 0. The highest BCUT2D eigenvalue weighted by atomic mass is 16.5. The number of nitriles is 1. The third-order valence-electron chi connectivity index (χ3n) is 4.16. The van der Waals surface area contributed by atoms with Crippen molar-refractivity contribution >= 4 is 17.4 Å². The minimum atomic E-state index is -0.137. The summed E-state index contributed by atoms with van der Waals surface area (Å²) in [5, 5.41) is 8.83. The van der Waals surface area contributed by atoms with Crippen molar-refractivity contribution in [3.8, 4) is 17.6 Å². The number of hydrogen-bond acceptors (Lipinski definition) is 3. The van der Waals surface area contributed by atoms with Crippen molar-refractivity contribution in [2.45, 2.75) is 0 Å². The first-order valence-corrected chi connectivity index (χ1v) is 8.43. The number of para-hydroxylation sites is 1. The van der Waals surface area contributed by atoms with E-state index in [1.807, 2.05) is 42.5 Å². The molecule has 5 heteroatoms. The van der Waals surface area contributed by atoms with Crippen LogP contribution < -0.4 is 14.5 Å². The standard InChI is InChI=1S/C22H19N3O2/c1-24(18-6-4-3-5-7-18)22(26)25(2)19-10-14-21(15-11-19)27-20-12-8-17(16-23)9-13-20/h3-15H,1-2H3. The maximum atomic E-state index is 12.7. The van der Waals surface area contributed by atoms with E-state index in [2.05, 4.69) is 6.07 Å². The number of amides is 2. The Balaban J connectivity index is 1.68. The van der Waals surface area contributed by atoms with E-state index in [4.69, 9.17) is 10.00 Å². The van der Waals surface area contributed by atoms with Crippen molar-refractivity contribution in [1.29, 1.82) is 5.26 Å². The number of nitrogens with zero attached hydrogens (tertiary/aromatic N) is 3. The summed E-state index contributed by atoms with van der Waals surface area (Å²) >= 11 is 0. The predicted molar refractivity (Wildman–Crippen MR) is 106 cm³/mol. The average molecular weight is 357 g/mol. The first-order chi connectivity index (χ1) is 13.1. The molecule has 3 aromatic rings. The van der Waals surface area contributed by atoms with Crippen LogP contribution in [0, 0.1) is 11.3 Å². The van der Waals surface area contributed by atoms with E-state index in [9.17, 15) is 4.79 Å². The maximum absolute atomic E-state index is 12.7. The molecule has 134 valence electrons. The van der Waals surface area contributed by atoms with Crippen molar-refractivity contribution in [2.24, 2.45) is 0 Å². The number of ether oxygens (including phenoxy) is 1. The molecule has 0 fully saturated rings. The number of benzene rings is 3. The van der Waals surface area contributed by atoms with Gasteiger partial charge in [0, 0.05) is 25.5 Å². The van der Waals surface area contributed by atoms with Crippen LogP contribution in [0.4, 0.5) is 16.2 Å². The van der Waals surface area contributed by atoms with Crippen LogP contribution in [-0.2, 0) is 0 Å². The van der Waals surface area contributed by atoms with Gasteiger partial charge >= 0.3 is 6.03 Å². The summed E-state index contributed by atoms with van der Waals surface area (Å²) < 4.78 is 5.77. The number of carbonyl (C=O) groups is 1. The van der Waals surface area contributed by atoms with Crippen molar-refractivity contribution in [2.75, 3.05) is 23.9 Å². The van der Waals surface area contributed by atoms with E-state index in [1.165, 1.54) is 0 Å². The Labute approximate surface area is 158 Å². The van der Waals surface area contributed by atoms with Gasteiger partial charge in [-0.3, -0.25) is 9.80 Å². The van der Waals surface area contributed by atoms with Crippen LogP contribution in [0.15, 0.2) is 78.9 Å². The lowest BCUT2D eigenvalue weighted by Crippen LogP contribution is -2.38. The highest BCUT2D eigenvalue weighted by molar-refractivity contribution is 6.02. The van der Waals surface area contributed by atoms with Gasteiger partial charge in [-0.15, -0.1) is 0 Å². The fourth-order valence-corrected chi connectivity index (χ4v) is 2.57. The fraction of sp³-hybridized carbons (Fsp3) is 0.0909. The van der Waals surface area contributed by atoms with E-state index < -0.39 is 0 Å². The molecule has 0 atom stereocenters. The van der Waals surface area contributed by atoms with E-state index >= 15 is 0 Å². The molecule has 0 aliphatic heterocycles. The van der Waals surface area contributed by atoms with Crippen LogP contribution >= 0.6 is 0 Å². The molecule has 0 unspecified atom stereocenters. The van der Waals surface area contributed by atoms with Crippen LogP contribution in [0.5, 0.6) is 11.5 Å². The molecule has 0 saturated carbocycles. The number of carbonyl (C=O) groups excluding carboxylic acids is 1. The third-order valence-corrected chi connectivity index (χ3v) is 4.16. The minimum absolute atomic E-state index is 0.137. The second kappa shape index (κ2) is 8.07. The SMILES string of the molecule is CN(C(=O)N(C)c1ccc(Oc2ccc(C#N)cc2)cc1)c1ccccc1. The largest absolute Gasteiger partial charge is 0.457 e. The first kappa shape index (κ1) is 18.0. The Morgan fingerprint density at radius 2 is 1.26 bits per heavy atom. The molecule has 5 nitrogen and oxygen atoms in total. The van der Waals surface area contributed by atoms with Gasteiger partial charge in [0.05, 0.1) is 11.6 Å². The smallest absolute Gasteiger partial charge is 0.328 e. The monoisotopic (exact) mass is 357 g/mol. The van der Waals surface area contributed by atoms with Crippen molar-refractivity contribution < 1.29 is 9.53 Å². The summed E-state index contributed by atoms with van der Waals surface area (Å²) in [5.74, 6) is 1.30. The molecule has 0 radical (unpaired) electrons. The first-order valence-electron chi connectivity index (χ1n) is 8.43. The molecule has 0 N–H and O–H groups in total. The van der Waals surface area contributed by atoms with Crippen molar-refractivity contribution in [3.05, 3.63) is 84.4 Å². The normalized spacial score (nSPS) is 9.96. The lowest BCUT2D eigenvalue weighted by Gasteiger charge is -2.25. The van der Waals surface area contributed by atoms with Crippen molar-refractivity contribution in [1.82, 2.24) is 0 Å². The van der Waals surface area contributed by atoms with Gasteiger partial charge in [-0.05, 0) is 60.7 Å². The van der Waals surface area contributed by atoms with Gasteiger partial charge in [0.1, 0.15) is 11.5 Å². The van der Waals surface area contributed by atoms with Gasteiger partial charge < -0.3 is 4.74 Å². The Kier molecular flexibility index (Phi) is 5.38. The van der Waals surface area contributed by atoms with E-state index in [0.717, 1.165) is 11.4 Å².